The second-order valence-corrected chi connectivity index (χ2v) is 5.97. The summed E-state index contributed by atoms with van der Waals surface area (Å²) in [6.07, 6.45) is 4.45. The molecule has 3 rings (SSSR count). The fourth-order valence-corrected chi connectivity index (χ4v) is 3.41. The molecule has 6 N–H and O–H groups in total. The van der Waals surface area contributed by atoms with E-state index in [-0.39, 0.29) is 11.7 Å². The van der Waals surface area contributed by atoms with E-state index in [9.17, 15) is 4.79 Å². The number of rotatable bonds is 2. The molecule has 1 saturated carbocycles. The molecule has 1 fully saturated rings. The Bertz CT molecular complexity index is 711. The summed E-state index contributed by atoms with van der Waals surface area (Å²) in [6, 6.07) is 0.151. The van der Waals surface area contributed by atoms with Crippen LogP contribution in [0.4, 0.5) is 11.6 Å². The van der Waals surface area contributed by atoms with Crippen LogP contribution >= 0.6 is 0 Å². The Morgan fingerprint density at radius 1 is 1.17 bits per heavy atom. The van der Waals surface area contributed by atoms with Gasteiger partial charge < -0.3 is 16.5 Å². The fourth-order valence-electron chi connectivity index (χ4n) is 3.41. The minimum atomic E-state index is -0.173. The first-order chi connectivity index (χ1) is 11.0. The van der Waals surface area contributed by atoms with Crippen LogP contribution in [-0.4, -0.2) is 19.5 Å². The first-order valence-corrected chi connectivity index (χ1v) is 8.41. The van der Waals surface area contributed by atoms with Crippen molar-refractivity contribution in [2.75, 3.05) is 11.5 Å². The van der Waals surface area contributed by atoms with Crippen molar-refractivity contribution in [2.45, 2.75) is 59.4 Å². The number of aromatic amines is 2. The van der Waals surface area contributed by atoms with Crippen molar-refractivity contribution < 1.29 is 0 Å². The average molecular weight is 320 g/mol. The van der Waals surface area contributed by atoms with E-state index in [0.717, 1.165) is 19.3 Å². The predicted octanol–water partition coefficient (Wildman–Crippen LogP) is 2.82. The van der Waals surface area contributed by atoms with E-state index in [0.29, 0.717) is 34.8 Å². The molecule has 7 heteroatoms. The van der Waals surface area contributed by atoms with Crippen molar-refractivity contribution in [1.29, 1.82) is 0 Å². The third kappa shape index (κ3) is 3.13. The topological polar surface area (TPSA) is 119 Å². The molecule has 0 aliphatic heterocycles. The van der Waals surface area contributed by atoms with Gasteiger partial charge in [0, 0.05) is 6.04 Å². The maximum absolute atomic E-state index is 12.3. The molecule has 0 spiro atoms. The summed E-state index contributed by atoms with van der Waals surface area (Å²) in [7, 11) is 0. The predicted molar refractivity (Wildman–Crippen MR) is 94.2 cm³/mol. The number of hydrogen-bond donors (Lipinski definition) is 4. The summed E-state index contributed by atoms with van der Waals surface area (Å²) in [6.45, 7) is 8.01. The summed E-state index contributed by atoms with van der Waals surface area (Å²) >= 11 is 0. The van der Waals surface area contributed by atoms with Crippen LogP contribution in [0.1, 0.15) is 58.3 Å². The molecule has 0 amide bonds. The van der Waals surface area contributed by atoms with E-state index in [1.165, 1.54) is 6.42 Å². The maximum atomic E-state index is 12.3. The standard InChI is InChI=1S/C14H22N6O.C2H6/c1-7-5-3-4-6-9(7)20-11(13(16)19-14(20)21)10-12(15)18-8(2)17-10;1-2/h7,9H,3-6,15-16H2,1-2H3,(H,17,18)(H,19,21);1-2H3. The molecule has 1 aliphatic carbocycles. The third-order valence-electron chi connectivity index (χ3n) is 4.44. The summed E-state index contributed by atoms with van der Waals surface area (Å²) in [5.41, 5.74) is 13.1. The number of hydrogen-bond acceptors (Lipinski definition) is 4. The Balaban J connectivity index is 0.000000924. The number of anilines is 2. The highest BCUT2D eigenvalue weighted by atomic mass is 16.1. The van der Waals surface area contributed by atoms with Gasteiger partial charge in [-0.3, -0.25) is 9.55 Å². The first-order valence-electron chi connectivity index (χ1n) is 8.41. The van der Waals surface area contributed by atoms with E-state index in [4.69, 9.17) is 11.5 Å². The largest absolute Gasteiger partial charge is 0.383 e. The molecule has 128 valence electrons. The highest BCUT2D eigenvalue weighted by Gasteiger charge is 2.29. The van der Waals surface area contributed by atoms with Crippen LogP contribution < -0.4 is 17.2 Å². The van der Waals surface area contributed by atoms with E-state index < -0.39 is 0 Å². The van der Waals surface area contributed by atoms with Crippen molar-refractivity contribution in [1.82, 2.24) is 19.5 Å². The lowest BCUT2D eigenvalue weighted by atomic mass is 9.85. The smallest absolute Gasteiger partial charge is 0.327 e. The number of nitrogens with zero attached hydrogens (tertiary/aromatic N) is 2. The van der Waals surface area contributed by atoms with Gasteiger partial charge in [-0.2, -0.15) is 0 Å². The minimum Gasteiger partial charge on any atom is -0.383 e. The highest BCUT2D eigenvalue weighted by molar-refractivity contribution is 5.75. The van der Waals surface area contributed by atoms with Crippen LogP contribution in [0.25, 0.3) is 11.4 Å². The minimum absolute atomic E-state index is 0.151. The Hall–Kier alpha value is -2.18. The number of aromatic nitrogens is 4. The molecule has 2 atom stereocenters. The zero-order chi connectivity index (χ0) is 17.1. The van der Waals surface area contributed by atoms with Gasteiger partial charge in [-0.15, -0.1) is 0 Å². The van der Waals surface area contributed by atoms with Crippen LogP contribution in [0.3, 0.4) is 0 Å². The van der Waals surface area contributed by atoms with Gasteiger partial charge in [-0.1, -0.05) is 33.6 Å². The summed E-state index contributed by atoms with van der Waals surface area (Å²) in [4.78, 5) is 22.4. The van der Waals surface area contributed by atoms with Crippen molar-refractivity contribution in [3.63, 3.8) is 0 Å². The monoisotopic (exact) mass is 320 g/mol. The van der Waals surface area contributed by atoms with Gasteiger partial charge in [0.1, 0.15) is 23.0 Å². The molecule has 2 heterocycles. The van der Waals surface area contributed by atoms with E-state index >= 15 is 0 Å². The molecule has 23 heavy (non-hydrogen) atoms. The van der Waals surface area contributed by atoms with Crippen molar-refractivity contribution in [3.05, 3.63) is 16.3 Å². The Morgan fingerprint density at radius 3 is 2.39 bits per heavy atom. The van der Waals surface area contributed by atoms with Crippen LogP contribution in [0.2, 0.25) is 0 Å². The van der Waals surface area contributed by atoms with Gasteiger partial charge in [0.05, 0.1) is 0 Å². The molecular weight excluding hydrogens is 292 g/mol. The van der Waals surface area contributed by atoms with Gasteiger partial charge >= 0.3 is 5.69 Å². The SMILES string of the molecule is CC.Cc1nc(N)c(-c2c(N)[nH]c(=O)n2C2CCCCC2C)[nH]1. The maximum Gasteiger partial charge on any atom is 0.327 e. The molecule has 0 saturated heterocycles. The van der Waals surface area contributed by atoms with E-state index in [1.54, 1.807) is 4.57 Å². The molecule has 2 unspecified atom stereocenters. The molecule has 0 radical (unpaired) electrons. The van der Waals surface area contributed by atoms with E-state index in [2.05, 4.69) is 21.9 Å². The second kappa shape index (κ2) is 6.93. The highest BCUT2D eigenvalue weighted by Crippen LogP contribution is 2.37. The fraction of sp³-hybridized carbons (Fsp3) is 0.625. The molecule has 2 aromatic rings. The van der Waals surface area contributed by atoms with Crippen LogP contribution in [-0.2, 0) is 0 Å². The Kier molecular flexibility index (Phi) is 5.18. The quantitative estimate of drug-likeness (QED) is 0.680. The molecule has 0 aromatic carbocycles. The van der Waals surface area contributed by atoms with Gasteiger partial charge in [-0.05, 0) is 25.7 Å². The average Bonchev–Trinajstić information content (AvgIpc) is 3.00. The van der Waals surface area contributed by atoms with Gasteiger partial charge in [-0.25, -0.2) is 9.78 Å². The molecule has 7 nitrogen and oxygen atoms in total. The van der Waals surface area contributed by atoms with Crippen LogP contribution in [0.5, 0.6) is 0 Å². The molecule has 0 bridgehead atoms. The summed E-state index contributed by atoms with van der Waals surface area (Å²) in [5.74, 6) is 1.86. The first kappa shape index (κ1) is 17.2. The van der Waals surface area contributed by atoms with Crippen LogP contribution in [0.15, 0.2) is 4.79 Å². The Labute approximate surface area is 136 Å². The lowest BCUT2D eigenvalue weighted by Crippen LogP contribution is -2.29. The van der Waals surface area contributed by atoms with Crippen molar-refractivity contribution in [3.8, 4) is 11.4 Å². The lowest BCUT2D eigenvalue weighted by Gasteiger charge is -2.30. The van der Waals surface area contributed by atoms with Gasteiger partial charge in [0.25, 0.3) is 0 Å². The number of H-pyrrole nitrogens is 2. The molecule has 1 aliphatic rings. The number of nitrogens with one attached hydrogen (secondary N) is 2. The Morgan fingerprint density at radius 2 is 1.83 bits per heavy atom. The molecule has 2 aromatic heterocycles. The van der Waals surface area contributed by atoms with Gasteiger partial charge in [0.2, 0.25) is 0 Å². The second-order valence-electron chi connectivity index (χ2n) is 5.97. The number of nitrogens with two attached hydrogens (primary N) is 2. The number of nitrogen functional groups attached to an aromatic ring is 2. The molecular formula is C16H28N6O. The summed E-state index contributed by atoms with van der Waals surface area (Å²) < 4.78 is 1.77. The van der Waals surface area contributed by atoms with Crippen molar-refractivity contribution >= 4 is 11.6 Å². The third-order valence-corrected chi connectivity index (χ3v) is 4.44. The summed E-state index contributed by atoms with van der Waals surface area (Å²) in [5, 5.41) is 0. The zero-order valence-electron chi connectivity index (χ0n) is 14.4. The number of imidazole rings is 2. The van der Waals surface area contributed by atoms with Crippen LogP contribution in [0, 0.1) is 12.8 Å². The van der Waals surface area contributed by atoms with Crippen molar-refractivity contribution in [2.24, 2.45) is 5.92 Å². The van der Waals surface area contributed by atoms with Gasteiger partial charge in [0.15, 0.2) is 5.82 Å². The van der Waals surface area contributed by atoms with E-state index in [1.807, 2.05) is 20.8 Å². The normalized spacial score (nSPS) is 20.9. The lowest BCUT2D eigenvalue weighted by molar-refractivity contribution is 0.254. The number of aryl methyl sites for hydroxylation is 1. The zero-order valence-corrected chi connectivity index (χ0v) is 14.4.